The van der Waals surface area contributed by atoms with Gasteiger partial charge in [-0.2, -0.15) is 4.98 Å². The molecule has 1 atom stereocenters. The Labute approximate surface area is 192 Å². The second kappa shape index (κ2) is 9.56. The van der Waals surface area contributed by atoms with Crippen molar-refractivity contribution in [1.29, 1.82) is 0 Å². The molecule has 2 N–H and O–H groups in total. The Hall–Kier alpha value is -3.13. The maximum Gasteiger partial charge on any atom is 0.255 e. The summed E-state index contributed by atoms with van der Waals surface area (Å²) in [5, 5.41) is 11.9. The van der Waals surface area contributed by atoms with E-state index in [0.717, 1.165) is 46.7 Å². The van der Waals surface area contributed by atoms with Crippen LogP contribution in [-0.2, 0) is 4.79 Å². The molecule has 0 fully saturated rings. The molecule has 1 amide bonds. The summed E-state index contributed by atoms with van der Waals surface area (Å²) < 4.78 is 1.81. The van der Waals surface area contributed by atoms with Gasteiger partial charge in [0.15, 0.2) is 0 Å². The molecule has 7 nitrogen and oxygen atoms in total. The topological polar surface area (TPSA) is 84.7 Å². The summed E-state index contributed by atoms with van der Waals surface area (Å²) in [5.74, 6) is 1.45. The summed E-state index contributed by atoms with van der Waals surface area (Å²) in [4.78, 5) is 22.4. The molecule has 3 aromatic rings. The average Bonchev–Trinajstić information content (AvgIpc) is 3.17. The van der Waals surface area contributed by atoms with Gasteiger partial charge in [-0.25, -0.2) is 4.68 Å². The van der Waals surface area contributed by atoms with Crippen LogP contribution >= 0.6 is 11.8 Å². The van der Waals surface area contributed by atoms with Crippen molar-refractivity contribution in [3.8, 4) is 0 Å². The van der Waals surface area contributed by atoms with Gasteiger partial charge in [-0.15, -0.1) is 5.10 Å². The molecule has 0 bridgehead atoms. The number of pyridine rings is 1. The number of nitrogens with zero attached hydrogens (tertiary/aromatic N) is 4. The van der Waals surface area contributed by atoms with Crippen LogP contribution in [0.25, 0.3) is 0 Å². The first kappa shape index (κ1) is 22.1. The second-order valence-electron chi connectivity index (χ2n) is 7.98. The number of carbonyl (C=O) groups excluding carboxylic acids is 1. The maximum atomic E-state index is 13.5. The third-order valence-corrected chi connectivity index (χ3v) is 6.38. The number of nitrogens with one attached hydrogen (secondary N) is 2. The number of unbranched alkanes of at least 4 members (excludes halogenated alkanes) is 1. The summed E-state index contributed by atoms with van der Waals surface area (Å²) in [5.41, 5.74) is 5.29. The van der Waals surface area contributed by atoms with Crippen molar-refractivity contribution in [1.82, 2.24) is 19.7 Å². The van der Waals surface area contributed by atoms with Crippen molar-refractivity contribution in [3.63, 3.8) is 0 Å². The number of hydrogen-bond acceptors (Lipinski definition) is 6. The van der Waals surface area contributed by atoms with Crippen molar-refractivity contribution < 1.29 is 4.79 Å². The van der Waals surface area contributed by atoms with E-state index in [4.69, 9.17) is 5.10 Å². The molecule has 0 aliphatic carbocycles. The number of benzene rings is 1. The normalized spacial score (nSPS) is 15.3. The second-order valence-corrected chi connectivity index (χ2v) is 9.05. The number of carbonyl (C=O) groups is 1. The highest BCUT2D eigenvalue weighted by molar-refractivity contribution is 7.99. The highest BCUT2D eigenvalue weighted by atomic mass is 32.2. The summed E-state index contributed by atoms with van der Waals surface area (Å²) in [6.45, 7) is 8.12. The number of rotatable bonds is 7. The molecule has 0 saturated carbocycles. The van der Waals surface area contributed by atoms with Crippen molar-refractivity contribution in [2.24, 2.45) is 0 Å². The van der Waals surface area contributed by atoms with Crippen LogP contribution in [0.1, 0.15) is 49.4 Å². The fraction of sp³-hybridized carbons (Fsp3) is 0.333. The highest BCUT2D eigenvalue weighted by Gasteiger charge is 2.34. The minimum atomic E-state index is -0.395. The molecule has 3 heterocycles. The molecule has 166 valence electrons. The minimum Gasteiger partial charge on any atom is -0.328 e. The van der Waals surface area contributed by atoms with Crippen molar-refractivity contribution >= 4 is 29.3 Å². The van der Waals surface area contributed by atoms with Gasteiger partial charge < -0.3 is 10.6 Å². The zero-order valence-corrected chi connectivity index (χ0v) is 19.7. The monoisotopic (exact) mass is 448 g/mol. The standard InChI is InChI=1S/C24H28N6OS/c1-5-6-13-32-24-28-23-26-17(4)20(21(30(23)29-24)18-9-11-25-12-10-18)22(31)27-19-8-7-15(2)14-16(19)3/h7-12,14,21H,5-6,13H2,1-4H3,(H,27,31)(H,26,28,29). The Bertz CT molecular complexity index is 1150. The predicted octanol–water partition coefficient (Wildman–Crippen LogP) is 5.11. The van der Waals surface area contributed by atoms with E-state index in [1.165, 1.54) is 0 Å². The molecular formula is C24H28N6OS. The van der Waals surface area contributed by atoms with Crippen LogP contribution in [0.4, 0.5) is 11.6 Å². The van der Waals surface area contributed by atoms with Gasteiger partial charge in [0.1, 0.15) is 6.04 Å². The van der Waals surface area contributed by atoms with E-state index >= 15 is 0 Å². The van der Waals surface area contributed by atoms with Crippen LogP contribution < -0.4 is 10.6 Å². The van der Waals surface area contributed by atoms with Gasteiger partial charge in [0.05, 0.1) is 5.57 Å². The SMILES string of the molecule is CCCCSc1nc2n(n1)C(c1ccncc1)C(C(=O)Nc1ccc(C)cc1C)=C(C)N2. The first-order valence-corrected chi connectivity index (χ1v) is 11.8. The summed E-state index contributed by atoms with van der Waals surface area (Å²) in [7, 11) is 0. The Balaban J connectivity index is 1.71. The van der Waals surface area contributed by atoms with E-state index in [0.29, 0.717) is 16.7 Å². The molecule has 8 heteroatoms. The Morgan fingerprint density at radius 1 is 1.19 bits per heavy atom. The van der Waals surface area contributed by atoms with Crippen molar-refractivity contribution in [2.45, 2.75) is 51.7 Å². The Kier molecular flexibility index (Phi) is 6.60. The van der Waals surface area contributed by atoms with E-state index in [2.05, 4.69) is 33.6 Å². The molecule has 0 saturated heterocycles. The number of fused-ring (bicyclic) bond motifs is 1. The zero-order chi connectivity index (χ0) is 22.7. The van der Waals surface area contributed by atoms with Gasteiger partial charge in [-0.1, -0.05) is 42.8 Å². The molecule has 0 radical (unpaired) electrons. The quantitative estimate of drug-likeness (QED) is 0.386. The van der Waals surface area contributed by atoms with Crippen LogP contribution in [0.15, 0.2) is 59.2 Å². The van der Waals surface area contributed by atoms with Crippen LogP contribution in [0.5, 0.6) is 0 Å². The highest BCUT2D eigenvalue weighted by Crippen LogP contribution is 2.36. The van der Waals surface area contributed by atoms with Gasteiger partial charge >= 0.3 is 0 Å². The molecule has 1 aromatic carbocycles. The lowest BCUT2D eigenvalue weighted by molar-refractivity contribution is -0.113. The third-order valence-electron chi connectivity index (χ3n) is 5.46. The first-order valence-electron chi connectivity index (χ1n) is 10.8. The van der Waals surface area contributed by atoms with Crippen molar-refractivity contribution in [2.75, 3.05) is 16.4 Å². The Morgan fingerprint density at radius 3 is 2.69 bits per heavy atom. The summed E-state index contributed by atoms with van der Waals surface area (Å²) >= 11 is 1.64. The first-order chi connectivity index (χ1) is 15.5. The van der Waals surface area contributed by atoms with Crippen LogP contribution in [0.3, 0.4) is 0 Å². The van der Waals surface area contributed by atoms with E-state index < -0.39 is 6.04 Å². The average molecular weight is 449 g/mol. The zero-order valence-electron chi connectivity index (χ0n) is 18.8. The molecule has 4 rings (SSSR count). The van der Waals surface area contributed by atoms with E-state index in [9.17, 15) is 4.79 Å². The number of aromatic nitrogens is 4. The lowest BCUT2D eigenvalue weighted by Gasteiger charge is -2.28. The van der Waals surface area contributed by atoms with Crippen LogP contribution in [0, 0.1) is 13.8 Å². The number of thioether (sulfide) groups is 1. The van der Waals surface area contributed by atoms with Gasteiger partial charge in [-0.3, -0.25) is 9.78 Å². The smallest absolute Gasteiger partial charge is 0.255 e. The molecule has 0 spiro atoms. The van der Waals surface area contributed by atoms with E-state index in [-0.39, 0.29) is 5.91 Å². The summed E-state index contributed by atoms with van der Waals surface area (Å²) in [6.07, 6.45) is 5.71. The lowest BCUT2D eigenvalue weighted by atomic mass is 9.95. The number of anilines is 2. The van der Waals surface area contributed by atoms with Gasteiger partial charge in [-0.05, 0) is 56.5 Å². The third kappa shape index (κ3) is 4.55. The van der Waals surface area contributed by atoms with E-state index in [1.54, 1.807) is 24.2 Å². The van der Waals surface area contributed by atoms with Crippen molar-refractivity contribution in [3.05, 3.63) is 70.7 Å². The number of hydrogen-bond donors (Lipinski definition) is 2. The molecular weight excluding hydrogens is 420 g/mol. The number of aryl methyl sites for hydroxylation is 2. The molecule has 2 aromatic heterocycles. The minimum absolute atomic E-state index is 0.162. The van der Waals surface area contributed by atoms with Gasteiger partial charge in [0, 0.05) is 29.5 Å². The fourth-order valence-corrected chi connectivity index (χ4v) is 4.70. The van der Waals surface area contributed by atoms with Gasteiger partial charge in [0.25, 0.3) is 5.91 Å². The summed E-state index contributed by atoms with van der Waals surface area (Å²) in [6, 6.07) is 9.45. The molecule has 1 unspecified atom stereocenters. The molecule has 1 aliphatic heterocycles. The van der Waals surface area contributed by atoms with Crippen LogP contribution in [-0.4, -0.2) is 31.4 Å². The van der Waals surface area contributed by atoms with E-state index in [1.807, 2.05) is 49.7 Å². The Morgan fingerprint density at radius 2 is 1.97 bits per heavy atom. The number of amides is 1. The number of allylic oxidation sites excluding steroid dienone is 1. The lowest BCUT2D eigenvalue weighted by Crippen LogP contribution is -2.31. The fourth-order valence-electron chi connectivity index (χ4n) is 3.79. The maximum absolute atomic E-state index is 13.5. The van der Waals surface area contributed by atoms with Gasteiger partial charge in [0.2, 0.25) is 11.1 Å². The predicted molar refractivity (Wildman–Crippen MR) is 129 cm³/mol. The molecule has 32 heavy (non-hydrogen) atoms. The largest absolute Gasteiger partial charge is 0.328 e. The molecule has 1 aliphatic rings. The van der Waals surface area contributed by atoms with Crippen LogP contribution in [0.2, 0.25) is 0 Å².